The van der Waals surface area contributed by atoms with Gasteiger partial charge in [-0.15, -0.1) is 11.3 Å². The van der Waals surface area contributed by atoms with E-state index in [4.69, 9.17) is 9.47 Å². The normalized spacial score (nSPS) is 10.6. The van der Waals surface area contributed by atoms with E-state index < -0.39 is 0 Å². The molecule has 1 N–H and O–H groups in total. The van der Waals surface area contributed by atoms with Crippen LogP contribution in [-0.4, -0.2) is 29.2 Å². The lowest BCUT2D eigenvalue weighted by Gasteiger charge is -2.10. The lowest BCUT2D eigenvalue weighted by atomic mass is 10.3. The summed E-state index contributed by atoms with van der Waals surface area (Å²) in [6, 6.07) is 0. The van der Waals surface area contributed by atoms with Crippen molar-refractivity contribution in [3.8, 4) is 11.8 Å². The Morgan fingerprint density at radius 3 is 2.35 bits per heavy atom. The molecule has 2 rings (SSSR count). The molecule has 0 amide bonds. The topological polar surface area (TPSA) is 69.2 Å². The zero-order valence-corrected chi connectivity index (χ0v) is 12.7. The van der Waals surface area contributed by atoms with Crippen molar-refractivity contribution in [1.82, 2.24) is 20.3 Å². The fourth-order valence-corrected chi connectivity index (χ4v) is 2.60. The van der Waals surface area contributed by atoms with Crippen LogP contribution in [0.5, 0.6) is 11.8 Å². The van der Waals surface area contributed by atoms with Crippen LogP contribution in [0.25, 0.3) is 0 Å². The van der Waals surface area contributed by atoms with Gasteiger partial charge >= 0.3 is 0 Å². The highest BCUT2D eigenvalue weighted by molar-refractivity contribution is 7.11. The molecule has 6 nitrogen and oxygen atoms in total. The maximum Gasteiger partial charge on any atom is 0.224 e. The second kappa shape index (κ2) is 7.16. The van der Waals surface area contributed by atoms with Crippen molar-refractivity contribution in [2.75, 3.05) is 14.2 Å². The number of aromatic nitrogens is 3. The van der Waals surface area contributed by atoms with E-state index in [0.717, 1.165) is 17.0 Å². The quantitative estimate of drug-likeness (QED) is 0.840. The van der Waals surface area contributed by atoms with E-state index >= 15 is 0 Å². The minimum absolute atomic E-state index is 0.526. The Labute approximate surface area is 122 Å². The molecule has 108 valence electrons. The van der Waals surface area contributed by atoms with Crippen LogP contribution in [0, 0.1) is 0 Å². The van der Waals surface area contributed by atoms with Crippen LogP contribution in [0.3, 0.4) is 0 Å². The van der Waals surface area contributed by atoms with Gasteiger partial charge in [-0.25, -0.2) is 15.0 Å². The Balaban J connectivity index is 1.99. The van der Waals surface area contributed by atoms with Gasteiger partial charge in [0.05, 0.1) is 19.8 Å². The monoisotopic (exact) mass is 294 g/mol. The third kappa shape index (κ3) is 3.43. The van der Waals surface area contributed by atoms with E-state index in [9.17, 15) is 0 Å². The van der Waals surface area contributed by atoms with Crippen LogP contribution in [-0.2, 0) is 19.5 Å². The highest BCUT2D eigenvalue weighted by Crippen LogP contribution is 2.23. The van der Waals surface area contributed by atoms with Crippen LogP contribution in [0.4, 0.5) is 0 Å². The van der Waals surface area contributed by atoms with Gasteiger partial charge in [0.25, 0.3) is 0 Å². The highest BCUT2D eigenvalue weighted by Gasteiger charge is 2.12. The molecular weight excluding hydrogens is 276 g/mol. The van der Waals surface area contributed by atoms with Crippen molar-refractivity contribution >= 4 is 11.3 Å². The van der Waals surface area contributed by atoms with Crippen molar-refractivity contribution < 1.29 is 9.47 Å². The first-order valence-electron chi connectivity index (χ1n) is 6.34. The van der Waals surface area contributed by atoms with E-state index in [0.29, 0.717) is 24.8 Å². The minimum atomic E-state index is 0.526. The van der Waals surface area contributed by atoms with E-state index in [2.05, 4.69) is 27.2 Å². The first-order chi connectivity index (χ1) is 9.78. The Morgan fingerprint density at radius 1 is 1.10 bits per heavy atom. The minimum Gasteiger partial charge on any atom is -0.481 e. The summed E-state index contributed by atoms with van der Waals surface area (Å²) >= 11 is 1.72. The van der Waals surface area contributed by atoms with Gasteiger partial charge in [-0.05, 0) is 6.42 Å². The molecule has 0 saturated heterocycles. The third-order valence-electron chi connectivity index (χ3n) is 2.78. The highest BCUT2D eigenvalue weighted by atomic mass is 32.1. The molecule has 0 aliphatic rings. The SMILES string of the molecule is CCc1cnc(CNCc2c(OC)ncnc2OC)s1. The summed E-state index contributed by atoms with van der Waals surface area (Å²) in [5, 5.41) is 4.38. The molecular formula is C13H18N4O2S. The predicted octanol–water partition coefficient (Wildman–Crippen LogP) is 1.80. The van der Waals surface area contributed by atoms with Gasteiger partial charge < -0.3 is 14.8 Å². The van der Waals surface area contributed by atoms with Crippen LogP contribution >= 0.6 is 11.3 Å². The van der Waals surface area contributed by atoms with Crippen molar-refractivity contribution in [2.24, 2.45) is 0 Å². The summed E-state index contributed by atoms with van der Waals surface area (Å²) in [7, 11) is 3.17. The second-order valence-electron chi connectivity index (χ2n) is 4.05. The summed E-state index contributed by atoms with van der Waals surface area (Å²) in [6.07, 6.45) is 4.37. The summed E-state index contributed by atoms with van der Waals surface area (Å²) < 4.78 is 10.5. The van der Waals surface area contributed by atoms with Crippen molar-refractivity contribution in [2.45, 2.75) is 26.4 Å². The molecule has 20 heavy (non-hydrogen) atoms. The molecule has 0 saturated carbocycles. The molecule has 0 radical (unpaired) electrons. The lowest BCUT2D eigenvalue weighted by Crippen LogP contribution is -2.15. The van der Waals surface area contributed by atoms with Crippen molar-refractivity contribution in [3.05, 3.63) is 28.0 Å². The average Bonchev–Trinajstić information content (AvgIpc) is 2.95. The molecule has 0 aliphatic heterocycles. The maximum atomic E-state index is 5.23. The Bertz CT molecular complexity index is 537. The number of hydrogen-bond donors (Lipinski definition) is 1. The standard InChI is InChI=1S/C13H18N4O2S/c1-4-9-5-15-11(20-9)7-14-6-10-12(18-2)16-8-17-13(10)19-3/h5,8,14H,4,6-7H2,1-3H3. The number of thiazole rings is 1. The third-order valence-corrected chi connectivity index (χ3v) is 3.92. The van der Waals surface area contributed by atoms with Gasteiger partial charge in [-0.1, -0.05) is 6.92 Å². The van der Waals surface area contributed by atoms with Crippen LogP contribution in [0.2, 0.25) is 0 Å². The predicted molar refractivity (Wildman–Crippen MR) is 77.2 cm³/mol. The zero-order chi connectivity index (χ0) is 14.4. The molecule has 0 fully saturated rings. The smallest absolute Gasteiger partial charge is 0.224 e. The molecule has 0 bridgehead atoms. The van der Waals surface area contributed by atoms with Gasteiger partial charge in [0.15, 0.2) is 0 Å². The van der Waals surface area contributed by atoms with Crippen LogP contribution in [0.1, 0.15) is 22.4 Å². The molecule has 0 unspecified atom stereocenters. The van der Waals surface area contributed by atoms with Crippen LogP contribution in [0.15, 0.2) is 12.5 Å². The number of nitrogens with one attached hydrogen (secondary N) is 1. The number of methoxy groups -OCH3 is 2. The van der Waals surface area contributed by atoms with Gasteiger partial charge in [0.1, 0.15) is 11.3 Å². The molecule has 2 aromatic rings. The number of ether oxygens (including phenoxy) is 2. The van der Waals surface area contributed by atoms with Crippen molar-refractivity contribution in [1.29, 1.82) is 0 Å². The lowest BCUT2D eigenvalue weighted by molar-refractivity contribution is 0.359. The second-order valence-corrected chi connectivity index (χ2v) is 5.25. The Morgan fingerprint density at radius 2 is 1.80 bits per heavy atom. The Kier molecular flexibility index (Phi) is 5.25. The van der Waals surface area contributed by atoms with E-state index in [1.165, 1.54) is 11.2 Å². The van der Waals surface area contributed by atoms with Gasteiger partial charge in [0.2, 0.25) is 11.8 Å². The van der Waals surface area contributed by atoms with Gasteiger partial charge in [-0.2, -0.15) is 0 Å². The largest absolute Gasteiger partial charge is 0.481 e. The first-order valence-corrected chi connectivity index (χ1v) is 7.16. The molecule has 0 atom stereocenters. The zero-order valence-electron chi connectivity index (χ0n) is 11.8. The fraction of sp³-hybridized carbons (Fsp3) is 0.462. The summed E-state index contributed by atoms with van der Waals surface area (Å²) in [5.41, 5.74) is 0.810. The van der Waals surface area contributed by atoms with Gasteiger partial charge in [-0.3, -0.25) is 0 Å². The first kappa shape index (κ1) is 14.7. The van der Waals surface area contributed by atoms with E-state index in [1.807, 2.05) is 6.20 Å². The van der Waals surface area contributed by atoms with Crippen LogP contribution < -0.4 is 14.8 Å². The summed E-state index contributed by atoms with van der Waals surface area (Å²) in [4.78, 5) is 13.8. The number of nitrogens with zero attached hydrogens (tertiary/aromatic N) is 3. The van der Waals surface area contributed by atoms with E-state index in [1.54, 1.807) is 25.6 Å². The molecule has 2 aromatic heterocycles. The molecule has 7 heteroatoms. The summed E-state index contributed by atoms with van der Waals surface area (Å²) in [6.45, 7) is 3.39. The number of aryl methyl sites for hydroxylation is 1. The average molecular weight is 294 g/mol. The molecule has 2 heterocycles. The number of hydrogen-bond acceptors (Lipinski definition) is 7. The molecule has 0 spiro atoms. The molecule has 0 aromatic carbocycles. The molecule has 0 aliphatic carbocycles. The Hall–Kier alpha value is -1.73. The summed E-state index contributed by atoms with van der Waals surface area (Å²) in [5.74, 6) is 1.05. The number of rotatable bonds is 7. The fourth-order valence-electron chi connectivity index (χ4n) is 1.77. The van der Waals surface area contributed by atoms with E-state index in [-0.39, 0.29) is 0 Å². The van der Waals surface area contributed by atoms with Crippen molar-refractivity contribution in [3.63, 3.8) is 0 Å². The maximum absolute atomic E-state index is 5.23. The van der Waals surface area contributed by atoms with Gasteiger partial charge in [0, 0.05) is 24.2 Å².